The second-order valence-corrected chi connectivity index (χ2v) is 4.02. The van der Waals surface area contributed by atoms with E-state index in [0.717, 1.165) is 17.8 Å². The van der Waals surface area contributed by atoms with Gasteiger partial charge in [0.15, 0.2) is 0 Å². The van der Waals surface area contributed by atoms with Gasteiger partial charge in [-0.15, -0.1) is 0 Å². The van der Waals surface area contributed by atoms with Gasteiger partial charge in [0.05, 0.1) is 5.60 Å². The van der Waals surface area contributed by atoms with E-state index in [1.165, 1.54) is 0 Å². The largest absolute Gasteiger partial charge is 0.385 e. The molecule has 0 saturated heterocycles. The third kappa shape index (κ3) is 1.40. The molecule has 2 N–H and O–H groups in total. The van der Waals surface area contributed by atoms with Crippen LogP contribution in [0.25, 0.3) is 0 Å². The van der Waals surface area contributed by atoms with Crippen molar-refractivity contribution in [2.45, 2.75) is 18.9 Å². The Kier molecular flexibility index (Phi) is 1.97. The topological polar surface area (TPSA) is 32.3 Å². The molecule has 1 atom stereocenters. The summed E-state index contributed by atoms with van der Waals surface area (Å²) in [5, 5.41) is 13.9. The predicted molar refractivity (Wildman–Crippen MR) is 54.1 cm³/mol. The molecule has 1 aromatic carbocycles. The van der Waals surface area contributed by atoms with Gasteiger partial charge >= 0.3 is 0 Å². The van der Waals surface area contributed by atoms with E-state index in [0.29, 0.717) is 11.4 Å². The average molecular weight is 198 g/mol. The number of hydrogen-bond donors (Lipinski definition) is 2. The number of hydrogen-bond acceptors (Lipinski definition) is 2. The minimum atomic E-state index is -0.793. The Morgan fingerprint density at radius 2 is 2.31 bits per heavy atom. The zero-order chi connectivity index (χ0) is 9.47. The van der Waals surface area contributed by atoms with Crippen LogP contribution in [0.3, 0.4) is 0 Å². The highest BCUT2D eigenvalue weighted by Crippen LogP contribution is 2.39. The van der Waals surface area contributed by atoms with Crippen molar-refractivity contribution in [2.24, 2.45) is 0 Å². The SMILES string of the molecule is CC1(O)CCNc2cccc(Cl)c21. The van der Waals surface area contributed by atoms with Crippen molar-refractivity contribution < 1.29 is 5.11 Å². The van der Waals surface area contributed by atoms with Crippen molar-refractivity contribution in [1.29, 1.82) is 0 Å². The molecule has 0 saturated carbocycles. The second-order valence-electron chi connectivity index (χ2n) is 3.61. The zero-order valence-corrected chi connectivity index (χ0v) is 8.23. The standard InChI is InChI=1S/C10H12ClNO/c1-10(13)5-6-12-8-4-2-3-7(11)9(8)10/h2-4,12-13H,5-6H2,1H3. The molecule has 1 aliphatic rings. The molecular formula is C10H12ClNO. The molecule has 0 bridgehead atoms. The first-order chi connectivity index (χ1) is 6.11. The third-order valence-corrected chi connectivity index (χ3v) is 2.79. The van der Waals surface area contributed by atoms with E-state index < -0.39 is 5.60 Å². The molecule has 0 aromatic heterocycles. The van der Waals surface area contributed by atoms with Crippen LogP contribution in [-0.4, -0.2) is 11.7 Å². The maximum atomic E-state index is 10.1. The van der Waals surface area contributed by atoms with Crippen molar-refractivity contribution in [1.82, 2.24) is 0 Å². The summed E-state index contributed by atoms with van der Waals surface area (Å²) in [5.74, 6) is 0. The Bertz CT molecular complexity index is 336. The predicted octanol–water partition coefficient (Wildman–Crippen LogP) is 2.36. The van der Waals surface area contributed by atoms with Crippen LogP contribution in [0.4, 0.5) is 5.69 Å². The van der Waals surface area contributed by atoms with Gasteiger partial charge in [-0.2, -0.15) is 0 Å². The lowest BCUT2D eigenvalue weighted by Gasteiger charge is -2.32. The summed E-state index contributed by atoms with van der Waals surface area (Å²) in [4.78, 5) is 0. The number of benzene rings is 1. The summed E-state index contributed by atoms with van der Waals surface area (Å²) in [5.41, 5.74) is 0.977. The molecule has 1 heterocycles. The molecule has 0 spiro atoms. The quantitative estimate of drug-likeness (QED) is 0.669. The van der Waals surface area contributed by atoms with Crippen molar-refractivity contribution in [3.8, 4) is 0 Å². The smallest absolute Gasteiger partial charge is 0.0919 e. The summed E-state index contributed by atoms with van der Waals surface area (Å²) < 4.78 is 0. The number of anilines is 1. The minimum absolute atomic E-state index is 0.634. The lowest BCUT2D eigenvalue weighted by molar-refractivity contribution is 0.0489. The summed E-state index contributed by atoms with van der Waals surface area (Å²) in [6.45, 7) is 2.60. The van der Waals surface area contributed by atoms with Gasteiger partial charge in [0.1, 0.15) is 0 Å². The molecule has 0 fully saturated rings. The molecule has 70 valence electrons. The fourth-order valence-corrected chi connectivity index (χ4v) is 2.16. The molecule has 13 heavy (non-hydrogen) atoms. The monoisotopic (exact) mass is 197 g/mol. The van der Waals surface area contributed by atoms with Crippen LogP contribution in [0.15, 0.2) is 18.2 Å². The molecule has 0 radical (unpaired) electrons. The van der Waals surface area contributed by atoms with Crippen molar-refractivity contribution >= 4 is 17.3 Å². The van der Waals surface area contributed by atoms with E-state index in [2.05, 4.69) is 5.32 Å². The average Bonchev–Trinajstić information content (AvgIpc) is 2.02. The Morgan fingerprint density at radius 3 is 3.00 bits per heavy atom. The minimum Gasteiger partial charge on any atom is -0.385 e. The van der Waals surface area contributed by atoms with E-state index in [-0.39, 0.29) is 0 Å². The Labute approximate surface area is 82.5 Å². The molecular weight excluding hydrogens is 186 g/mol. The maximum Gasteiger partial charge on any atom is 0.0919 e. The summed E-state index contributed by atoms with van der Waals surface area (Å²) in [6.07, 6.45) is 0.698. The van der Waals surface area contributed by atoms with Crippen molar-refractivity contribution in [3.63, 3.8) is 0 Å². The highest BCUT2D eigenvalue weighted by molar-refractivity contribution is 6.31. The van der Waals surface area contributed by atoms with E-state index in [1.807, 2.05) is 18.2 Å². The van der Waals surface area contributed by atoms with Gasteiger partial charge in [0.25, 0.3) is 0 Å². The Hall–Kier alpha value is -0.730. The molecule has 0 amide bonds. The van der Waals surface area contributed by atoms with E-state index >= 15 is 0 Å². The fourth-order valence-electron chi connectivity index (χ4n) is 1.78. The molecule has 2 nitrogen and oxygen atoms in total. The molecule has 1 aromatic rings. The van der Waals surface area contributed by atoms with Gasteiger partial charge < -0.3 is 10.4 Å². The highest BCUT2D eigenvalue weighted by Gasteiger charge is 2.31. The van der Waals surface area contributed by atoms with E-state index in [1.54, 1.807) is 6.92 Å². The third-order valence-electron chi connectivity index (χ3n) is 2.48. The van der Waals surface area contributed by atoms with Crippen LogP contribution < -0.4 is 5.32 Å². The van der Waals surface area contributed by atoms with E-state index in [4.69, 9.17) is 11.6 Å². The first kappa shape index (κ1) is 8.85. The normalized spacial score (nSPS) is 26.4. The molecule has 3 heteroatoms. The zero-order valence-electron chi connectivity index (χ0n) is 7.47. The number of aliphatic hydroxyl groups is 1. The van der Waals surface area contributed by atoms with Crippen molar-refractivity contribution in [3.05, 3.63) is 28.8 Å². The number of halogens is 1. The summed E-state index contributed by atoms with van der Waals surface area (Å²) in [6, 6.07) is 5.63. The Balaban J connectivity index is 2.61. The van der Waals surface area contributed by atoms with Gasteiger partial charge in [-0.25, -0.2) is 0 Å². The first-order valence-corrected chi connectivity index (χ1v) is 4.74. The van der Waals surface area contributed by atoms with Gasteiger partial charge in [-0.1, -0.05) is 17.7 Å². The van der Waals surface area contributed by atoms with Gasteiger partial charge in [-0.3, -0.25) is 0 Å². The summed E-state index contributed by atoms with van der Waals surface area (Å²) >= 11 is 6.03. The van der Waals surface area contributed by atoms with E-state index in [9.17, 15) is 5.11 Å². The lowest BCUT2D eigenvalue weighted by atomic mass is 9.88. The van der Waals surface area contributed by atoms with Crippen LogP contribution in [0.5, 0.6) is 0 Å². The molecule has 1 aliphatic heterocycles. The van der Waals surface area contributed by atoms with Gasteiger partial charge in [0, 0.05) is 22.8 Å². The first-order valence-electron chi connectivity index (χ1n) is 4.36. The maximum absolute atomic E-state index is 10.1. The van der Waals surface area contributed by atoms with Crippen molar-refractivity contribution in [2.75, 3.05) is 11.9 Å². The van der Waals surface area contributed by atoms with Crippen LogP contribution in [0.2, 0.25) is 5.02 Å². The fraction of sp³-hybridized carbons (Fsp3) is 0.400. The number of fused-ring (bicyclic) bond motifs is 1. The Morgan fingerprint density at radius 1 is 1.54 bits per heavy atom. The van der Waals surface area contributed by atoms with Crippen LogP contribution in [-0.2, 0) is 5.60 Å². The lowest BCUT2D eigenvalue weighted by Crippen LogP contribution is -2.31. The molecule has 1 unspecified atom stereocenters. The van der Waals surface area contributed by atoms with Crippen LogP contribution >= 0.6 is 11.6 Å². The van der Waals surface area contributed by atoms with Gasteiger partial charge in [0.2, 0.25) is 0 Å². The number of rotatable bonds is 0. The van der Waals surface area contributed by atoms with Crippen LogP contribution in [0, 0.1) is 0 Å². The van der Waals surface area contributed by atoms with Crippen LogP contribution in [0.1, 0.15) is 18.9 Å². The molecule has 0 aliphatic carbocycles. The van der Waals surface area contributed by atoms with Gasteiger partial charge in [-0.05, 0) is 25.5 Å². The number of nitrogens with one attached hydrogen (secondary N) is 1. The summed E-state index contributed by atoms with van der Waals surface area (Å²) in [7, 11) is 0. The molecule has 2 rings (SSSR count). The highest BCUT2D eigenvalue weighted by atomic mass is 35.5. The second kappa shape index (κ2) is 2.89.